The first-order valence-corrected chi connectivity index (χ1v) is 5.29. The smallest absolute Gasteiger partial charge is 0.224 e. The van der Waals surface area contributed by atoms with Crippen LogP contribution in [0.2, 0.25) is 10.4 Å². The molecule has 0 radical (unpaired) electrons. The Morgan fingerprint density at radius 2 is 1.81 bits per heavy atom. The highest BCUT2D eigenvalue weighted by Gasteiger charge is 1.97. The summed E-state index contributed by atoms with van der Waals surface area (Å²) < 4.78 is 0. The largest absolute Gasteiger partial charge is 0.257 e. The van der Waals surface area contributed by atoms with Crippen LogP contribution in [0.5, 0.6) is 0 Å². The lowest BCUT2D eigenvalue weighted by Crippen LogP contribution is -1.86. The zero-order chi connectivity index (χ0) is 11.4. The van der Waals surface area contributed by atoms with Gasteiger partial charge in [-0.3, -0.25) is 4.98 Å². The van der Waals surface area contributed by atoms with E-state index in [0.717, 1.165) is 5.69 Å². The number of hydrogen-bond donors (Lipinski definition) is 0. The normalized spacial score (nSPS) is 10.9. The van der Waals surface area contributed by atoms with Gasteiger partial charge in [0.2, 0.25) is 5.28 Å². The predicted octanol–water partition coefficient (Wildman–Crippen LogP) is 3.35. The molecule has 5 heteroatoms. The summed E-state index contributed by atoms with van der Waals surface area (Å²) in [5.41, 5.74) is 1.49. The molecule has 0 aliphatic rings. The fourth-order valence-corrected chi connectivity index (χ4v) is 1.56. The van der Waals surface area contributed by atoms with Crippen molar-refractivity contribution in [1.29, 1.82) is 0 Å². The lowest BCUT2D eigenvalue weighted by Gasteiger charge is -1.95. The molecule has 0 N–H and O–H groups in total. The summed E-state index contributed by atoms with van der Waals surface area (Å²) in [6.45, 7) is 0. The summed E-state index contributed by atoms with van der Waals surface area (Å²) in [5.74, 6) is 0. The van der Waals surface area contributed by atoms with Crippen molar-refractivity contribution in [2.24, 2.45) is 0 Å². The Kier molecular flexibility index (Phi) is 3.49. The summed E-state index contributed by atoms with van der Waals surface area (Å²) in [7, 11) is 0. The second-order valence-corrected chi connectivity index (χ2v) is 3.70. The standard InChI is InChI=1S/C11H7Cl2N3/c12-10-7-9(15-11(13)16-10)5-4-8-3-1-2-6-14-8/h1-7H/b5-4+. The van der Waals surface area contributed by atoms with Gasteiger partial charge in [0.1, 0.15) is 5.15 Å². The first kappa shape index (κ1) is 11.0. The van der Waals surface area contributed by atoms with Crippen LogP contribution in [0.1, 0.15) is 11.4 Å². The second-order valence-electron chi connectivity index (χ2n) is 2.97. The van der Waals surface area contributed by atoms with Crippen molar-refractivity contribution in [3.8, 4) is 0 Å². The van der Waals surface area contributed by atoms with Crippen LogP contribution in [-0.4, -0.2) is 15.0 Å². The summed E-state index contributed by atoms with van der Waals surface area (Å²) >= 11 is 11.4. The summed E-state index contributed by atoms with van der Waals surface area (Å²) in [4.78, 5) is 11.9. The maximum absolute atomic E-state index is 5.75. The molecule has 0 amide bonds. The molecule has 0 aliphatic heterocycles. The SMILES string of the molecule is Clc1cc(/C=C/c2ccccn2)nc(Cl)n1. The molecule has 0 saturated carbocycles. The van der Waals surface area contributed by atoms with Gasteiger partial charge in [0.15, 0.2) is 0 Å². The van der Waals surface area contributed by atoms with Crippen LogP contribution in [0.4, 0.5) is 0 Å². The van der Waals surface area contributed by atoms with Gasteiger partial charge in [-0.1, -0.05) is 17.7 Å². The van der Waals surface area contributed by atoms with Gasteiger partial charge in [-0.2, -0.15) is 0 Å². The van der Waals surface area contributed by atoms with E-state index in [-0.39, 0.29) is 5.28 Å². The maximum Gasteiger partial charge on any atom is 0.224 e. The zero-order valence-corrected chi connectivity index (χ0v) is 9.65. The van der Waals surface area contributed by atoms with Crippen LogP contribution in [-0.2, 0) is 0 Å². The molecule has 2 heterocycles. The van der Waals surface area contributed by atoms with Crippen molar-refractivity contribution < 1.29 is 0 Å². The highest BCUT2D eigenvalue weighted by Crippen LogP contribution is 2.12. The first-order valence-electron chi connectivity index (χ1n) is 4.53. The van der Waals surface area contributed by atoms with Crippen molar-refractivity contribution in [2.75, 3.05) is 0 Å². The molecule has 2 aromatic heterocycles. The molecule has 3 nitrogen and oxygen atoms in total. The van der Waals surface area contributed by atoms with Crippen LogP contribution < -0.4 is 0 Å². The van der Waals surface area contributed by atoms with Crippen molar-refractivity contribution >= 4 is 35.4 Å². The molecule has 80 valence electrons. The highest BCUT2D eigenvalue weighted by molar-refractivity contribution is 6.31. The molecule has 2 rings (SSSR count). The van der Waals surface area contributed by atoms with E-state index in [0.29, 0.717) is 10.8 Å². The van der Waals surface area contributed by atoms with Crippen LogP contribution in [0, 0.1) is 0 Å². The molecule has 0 spiro atoms. The van der Waals surface area contributed by atoms with Gasteiger partial charge in [-0.25, -0.2) is 9.97 Å². The van der Waals surface area contributed by atoms with E-state index in [4.69, 9.17) is 23.2 Å². The molecule has 0 unspecified atom stereocenters. The van der Waals surface area contributed by atoms with E-state index in [1.807, 2.05) is 24.3 Å². The van der Waals surface area contributed by atoms with E-state index in [1.54, 1.807) is 18.3 Å². The van der Waals surface area contributed by atoms with E-state index >= 15 is 0 Å². The quantitative estimate of drug-likeness (QED) is 0.607. The second kappa shape index (κ2) is 5.05. The van der Waals surface area contributed by atoms with Gasteiger partial charge in [0, 0.05) is 12.3 Å². The molecule has 0 atom stereocenters. The Morgan fingerprint density at radius 1 is 1.00 bits per heavy atom. The van der Waals surface area contributed by atoms with Crippen LogP contribution in [0.3, 0.4) is 0 Å². The molecule has 0 fully saturated rings. The summed E-state index contributed by atoms with van der Waals surface area (Å²) in [6.07, 6.45) is 5.33. The predicted molar refractivity (Wildman–Crippen MR) is 65.2 cm³/mol. The van der Waals surface area contributed by atoms with Gasteiger partial charge >= 0.3 is 0 Å². The third kappa shape index (κ3) is 3.02. The molecule has 0 aromatic carbocycles. The van der Waals surface area contributed by atoms with Gasteiger partial charge in [0.25, 0.3) is 0 Å². The van der Waals surface area contributed by atoms with Crippen molar-refractivity contribution in [2.45, 2.75) is 0 Å². The average Bonchev–Trinajstić information content (AvgIpc) is 2.27. The molecule has 16 heavy (non-hydrogen) atoms. The summed E-state index contributed by atoms with van der Waals surface area (Å²) in [6, 6.07) is 7.29. The van der Waals surface area contributed by atoms with Crippen LogP contribution >= 0.6 is 23.2 Å². The lowest BCUT2D eigenvalue weighted by atomic mass is 10.3. The van der Waals surface area contributed by atoms with Crippen LogP contribution in [0.15, 0.2) is 30.5 Å². The van der Waals surface area contributed by atoms with Crippen LogP contribution in [0.25, 0.3) is 12.2 Å². The third-order valence-corrected chi connectivity index (χ3v) is 2.16. The van der Waals surface area contributed by atoms with Gasteiger partial charge in [0.05, 0.1) is 11.4 Å². The highest BCUT2D eigenvalue weighted by atomic mass is 35.5. The number of hydrogen-bond acceptors (Lipinski definition) is 3. The third-order valence-electron chi connectivity index (χ3n) is 1.80. The minimum Gasteiger partial charge on any atom is -0.257 e. The van der Waals surface area contributed by atoms with Gasteiger partial charge in [-0.15, -0.1) is 0 Å². The molecular weight excluding hydrogens is 245 g/mol. The molecular formula is C11H7Cl2N3. The van der Waals surface area contributed by atoms with E-state index < -0.39 is 0 Å². The molecule has 2 aromatic rings. The van der Waals surface area contributed by atoms with E-state index in [2.05, 4.69) is 15.0 Å². The number of nitrogens with zero attached hydrogens (tertiary/aromatic N) is 3. The average molecular weight is 252 g/mol. The Balaban J connectivity index is 2.24. The van der Waals surface area contributed by atoms with E-state index in [1.165, 1.54) is 0 Å². The minimum absolute atomic E-state index is 0.133. The number of aromatic nitrogens is 3. The van der Waals surface area contributed by atoms with Gasteiger partial charge < -0.3 is 0 Å². The fourth-order valence-electron chi connectivity index (χ4n) is 1.14. The molecule has 0 saturated heterocycles. The van der Waals surface area contributed by atoms with Crippen molar-refractivity contribution in [1.82, 2.24) is 15.0 Å². The van der Waals surface area contributed by atoms with Crippen molar-refractivity contribution in [3.05, 3.63) is 52.3 Å². The fraction of sp³-hybridized carbons (Fsp3) is 0. The first-order chi connectivity index (χ1) is 7.74. The number of pyridine rings is 1. The Labute approximate surface area is 103 Å². The van der Waals surface area contributed by atoms with Gasteiger partial charge in [-0.05, 0) is 35.9 Å². The summed E-state index contributed by atoms with van der Waals surface area (Å²) in [5, 5.41) is 0.453. The minimum atomic E-state index is 0.133. The van der Waals surface area contributed by atoms with Crippen molar-refractivity contribution in [3.63, 3.8) is 0 Å². The Morgan fingerprint density at radius 3 is 2.50 bits per heavy atom. The lowest BCUT2D eigenvalue weighted by molar-refractivity contribution is 1.15. The zero-order valence-electron chi connectivity index (χ0n) is 8.14. The monoisotopic (exact) mass is 251 g/mol. The topological polar surface area (TPSA) is 38.7 Å². The number of rotatable bonds is 2. The Bertz CT molecular complexity index is 492. The van der Waals surface area contributed by atoms with E-state index in [9.17, 15) is 0 Å². The Hall–Kier alpha value is -1.45. The maximum atomic E-state index is 5.75. The molecule has 0 aliphatic carbocycles. The molecule has 0 bridgehead atoms. The number of halogens is 2.